The van der Waals surface area contributed by atoms with Crippen molar-refractivity contribution < 1.29 is 4.79 Å². The van der Waals surface area contributed by atoms with Gasteiger partial charge in [0.1, 0.15) is 0 Å². The van der Waals surface area contributed by atoms with E-state index >= 15 is 0 Å². The van der Waals surface area contributed by atoms with Gasteiger partial charge >= 0.3 is 0 Å². The lowest BCUT2D eigenvalue weighted by molar-refractivity contribution is 0.0938. The molecule has 3 heterocycles. The minimum Gasteiger partial charge on any atom is -0.347 e. The average molecular weight is 374 g/mol. The fourth-order valence-corrected chi connectivity index (χ4v) is 4.09. The first kappa shape index (κ1) is 17.0. The number of nitrogens with zero attached hydrogens (tertiary/aromatic N) is 5. The zero-order valence-corrected chi connectivity index (χ0v) is 15.6. The van der Waals surface area contributed by atoms with Crippen LogP contribution in [0, 0.1) is 11.5 Å². The minimum atomic E-state index is -0.0713. The first-order valence-corrected chi connectivity index (χ1v) is 9.90. The van der Waals surface area contributed by atoms with E-state index in [4.69, 9.17) is 10.2 Å². The fourth-order valence-electron chi connectivity index (χ4n) is 4.09. The summed E-state index contributed by atoms with van der Waals surface area (Å²) in [6.45, 7) is 2.13. The fraction of sp³-hybridized carbons (Fsp3) is 0.429. The maximum atomic E-state index is 12.6. The first-order chi connectivity index (χ1) is 13.7. The van der Waals surface area contributed by atoms with Gasteiger partial charge in [-0.1, -0.05) is 0 Å². The number of hydrogen-bond acceptors (Lipinski definition) is 6. The molecule has 1 aromatic carbocycles. The number of fused-ring (bicyclic) bond motifs is 1. The van der Waals surface area contributed by atoms with Gasteiger partial charge < -0.3 is 15.1 Å². The Balaban J connectivity index is 1.32. The molecule has 7 heteroatoms. The summed E-state index contributed by atoms with van der Waals surface area (Å²) in [4.78, 5) is 25.7. The Bertz CT molecular complexity index is 964. The SMILES string of the molecule is N#CN1CCC(NC(=O)c2ccc3c(c2)CCN3c2nccc(C3CC3)n2)C1. The van der Waals surface area contributed by atoms with E-state index in [0.717, 1.165) is 42.3 Å². The summed E-state index contributed by atoms with van der Waals surface area (Å²) in [6.07, 6.45) is 8.12. The van der Waals surface area contributed by atoms with E-state index in [9.17, 15) is 4.79 Å². The molecule has 1 N–H and O–H groups in total. The average Bonchev–Trinajstić information content (AvgIpc) is 3.34. The molecule has 7 nitrogen and oxygen atoms in total. The van der Waals surface area contributed by atoms with Gasteiger partial charge in [-0.2, -0.15) is 5.26 Å². The first-order valence-electron chi connectivity index (χ1n) is 9.90. The molecule has 2 aliphatic heterocycles. The summed E-state index contributed by atoms with van der Waals surface area (Å²) in [5.41, 5.74) is 4.04. The number of carbonyl (C=O) groups excluding carboxylic acids is 1. The zero-order valence-electron chi connectivity index (χ0n) is 15.6. The number of nitrogens with one attached hydrogen (secondary N) is 1. The van der Waals surface area contributed by atoms with Gasteiger partial charge in [-0.3, -0.25) is 4.79 Å². The topological polar surface area (TPSA) is 85.2 Å². The lowest BCUT2D eigenvalue weighted by Gasteiger charge is -2.18. The van der Waals surface area contributed by atoms with Gasteiger partial charge in [-0.05, 0) is 55.5 Å². The predicted octanol–water partition coefficient (Wildman–Crippen LogP) is 2.33. The maximum absolute atomic E-state index is 12.6. The van der Waals surface area contributed by atoms with E-state index in [1.165, 1.54) is 12.8 Å². The lowest BCUT2D eigenvalue weighted by Crippen LogP contribution is -2.36. The van der Waals surface area contributed by atoms with Crippen LogP contribution in [0.3, 0.4) is 0 Å². The molecule has 2 fully saturated rings. The number of carbonyl (C=O) groups is 1. The maximum Gasteiger partial charge on any atom is 0.251 e. The molecule has 0 radical (unpaired) electrons. The van der Waals surface area contributed by atoms with Gasteiger partial charge in [0.2, 0.25) is 5.95 Å². The highest BCUT2D eigenvalue weighted by molar-refractivity contribution is 5.95. The third-order valence-corrected chi connectivity index (χ3v) is 5.80. The second kappa shape index (κ2) is 6.79. The molecule has 5 rings (SSSR count). The van der Waals surface area contributed by atoms with E-state index in [0.29, 0.717) is 24.6 Å². The molecular weight excluding hydrogens is 352 g/mol. The van der Waals surface area contributed by atoms with Crippen LogP contribution < -0.4 is 10.2 Å². The third kappa shape index (κ3) is 3.15. The largest absolute Gasteiger partial charge is 0.347 e. The van der Waals surface area contributed by atoms with Crippen LogP contribution >= 0.6 is 0 Å². The van der Waals surface area contributed by atoms with Crippen molar-refractivity contribution in [2.75, 3.05) is 24.5 Å². The summed E-state index contributed by atoms with van der Waals surface area (Å²) < 4.78 is 0. The summed E-state index contributed by atoms with van der Waals surface area (Å²) in [5.74, 6) is 1.28. The monoisotopic (exact) mass is 374 g/mol. The number of amides is 1. The Kier molecular flexibility index (Phi) is 4.12. The van der Waals surface area contributed by atoms with Gasteiger partial charge in [0, 0.05) is 54.7 Å². The number of likely N-dealkylation sites (tertiary alicyclic amines) is 1. The van der Waals surface area contributed by atoms with Crippen LogP contribution in [-0.4, -0.2) is 46.5 Å². The molecular formula is C21H22N6O. The van der Waals surface area contributed by atoms with E-state index in [1.807, 2.05) is 30.5 Å². The van der Waals surface area contributed by atoms with Gasteiger partial charge in [-0.15, -0.1) is 0 Å². The standard InChI is InChI=1S/C21H22N6O/c22-13-26-9-7-17(12-26)24-20(28)16-3-4-19-15(11-16)6-10-27(19)21-23-8-5-18(25-21)14-1-2-14/h3-5,8,11,14,17H,1-2,6-7,9-10,12H2,(H,24,28). The molecule has 28 heavy (non-hydrogen) atoms. The van der Waals surface area contributed by atoms with Crippen molar-refractivity contribution >= 4 is 17.5 Å². The molecule has 0 bridgehead atoms. The zero-order chi connectivity index (χ0) is 19.1. The highest BCUT2D eigenvalue weighted by Crippen LogP contribution is 2.40. The Morgan fingerprint density at radius 1 is 1.21 bits per heavy atom. The van der Waals surface area contributed by atoms with Crippen molar-refractivity contribution in [2.45, 2.75) is 37.6 Å². The van der Waals surface area contributed by atoms with Crippen LogP contribution in [0.15, 0.2) is 30.5 Å². The van der Waals surface area contributed by atoms with Crippen LogP contribution in [0.25, 0.3) is 0 Å². The molecule has 1 aliphatic carbocycles. The number of rotatable bonds is 4. The summed E-state index contributed by atoms with van der Waals surface area (Å²) >= 11 is 0. The van der Waals surface area contributed by atoms with Crippen molar-refractivity contribution in [3.63, 3.8) is 0 Å². The van der Waals surface area contributed by atoms with Crippen LogP contribution in [-0.2, 0) is 6.42 Å². The predicted molar refractivity (Wildman–Crippen MR) is 104 cm³/mol. The molecule has 1 saturated carbocycles. The highest BCUT2D eigenvalue weighted by atomic mass is 16.1. The molecule has 2 aromatic rings. The molecule has 1 aromatic heterocycles. The molecule has 1 unspecified atom stereocenters. The van der Waals surface area contributed by atoms with Crippen molar-refractivity contribution in [1.29, 1.82) is 5.26 Å². The van der Waals surface area contributed by atoms with Crippen LogP contribution in [0.4, 0.5) is 11.6 Å². The molecule has 1 saturated heterocycles. The van der Waals surface area contributed by atoms with Crippen LogP contribution in [0.5, 0.6) is 0 Å². The van der Waals surface area contributed by atoms with E-state index < -0.39 is 0 Å². The molecule has 1 atom stereocenters. The Hall–Kier alpha value is -3.14. The quantitative estimate of drug-likeness (QED) is 0.827. The number of nitriles is 1. The Morgan fingerprint density at radius 3 is 2.89 bits per heavy atom. The molecule has 142 valence electrons. The van der Waals surface area contributed by atoms with Gasteiger partial charge in [0.25, 0.3) is 5.91 Å². The van der Waals surface area contributed by atoms with Gasteiger partial charge in [-0.25, -0.2) is 9.97 Å². The van der Waals surface area contributed by atoms with Crippen LogP contribution in [0.2, 0.25) is 0 Å². The molecule has 1 amide bonds. The lowest BCUT2D eigenvalue weighted by atomic mass is 10.1. The second-order valence-corrected chi connectivity index (χ2v) is 7.81. The normalized spacial score (nSPS) is 20.8. The van der Waals surface area contributed by atoms with E-state index in [-0.39, 0.29) is 11.9 Å². The molecule has 0 spiro atoms. The van der Waals surface area contributed by atoms with Crippen molar-refractivity contribution in [1.82, 2.24) is 20.2 Å². The smallest absolute Gasteiger partial charge is 0.251 e. The number of anilines is 2. The van der Waals surface area contributed by atoms with Crippen molar-refractivity contribution in [3.05, 3.63) is 47.3 Å². The van der Waals surface area contributed by atoms with Gasteiger partial charge in [0.05, 0.1) is 0 Å². The van der Waals surface area contributed by atoms with E-state index in [2.05, 4.69) is 21.4 Å². The summed E-state index contributed by atoms with van der Waals surface area (Å²) in [6, 6.07) is 7.90. The number of aromatic nitrogens is 2. The Labute approximate surface area is 164 Å². The highest BCUT2D eigenvalue weighted by Gasteiger charge is 2.28. The third-order valence-electron chi connectivity index (χ3n) is 5.80. The van der Waals surface area contributed by atoms with Gasteiger partial charge in [0.15, 0.2) is 6.19 Å². The Morgan fingerprint density at radius 2 is 2.11 bits per heavy atom. The minimum absolute atomic E-state index is 0.0375. The number of hydrogen-bond donors (Lipinski definition) is 1. The van der Waals surface area contributed by atoms with Crippen molar-refractivity contribution in [2.24, 2.45) is 0 Å². The van der Waals surface area contributed by atoms with Crippen LogP contribution in [0.1, 0.15) is 46.8 Å². The van der Waals surface area contributed by atoms with E-state index in [1.54, 1.807) is 4.90 Å². The number of benzene rings is 1. The summed E-state index contributed by atoms with van der Waals surface area (Å²) in [5, 5.41) is 12.0. The molecule has 3 aliphatic rings. The van der Waals surface area contributed by atoms with Crippen molar-refractivity contribution in [3.8, 4) is 6.19 Å². The summed E-state index contributed by atoms with van der Waals surface area (Å²) in [7, 11) is 0. The second-order valence-electron chi connectivity index (χ2n) is 7.81.